The van der Waals surface area contributed by atoms with E-state index in [4.69, 9.17) is 4.74 Å². The zero-order valence-electron chi connectivity index (χ0n) is 10.7. The summed E-state index contributed by atoms with van der Waals surface area (Å²) in [5, 5.41) is 6.03. The smallest absolute Gasteiger partial charge is 0.255 e. The molecule has 4 nitrogen and oxygen atoms in total. The van der Waals surface area contributed by atoms with Crippen molar-refractivity contribution in [2.45, 2.75) is 19.4 Å². The second-order valence-corrected chi connectivity index (χ2v) is 4.21. The molecule has 1 unspecified atom stereocenters. The summed E-state index contributed by atoms with van der Waals surface area (Å²) < 4.78 is 18.8. The Morgan fingerprint density at radius 2 is 2.37 bits per heavy atom. The highest BCUT2D eigenvalue weighted by atomic mass is 35.5. The highest BCUT2D eigenvalue weighted by molar-refractivity contribution is 5.97. The van der Waals surface area contributed by atoms with Crippen LogP contribution in [-0.2, 0) is 0 Å². The minimum atomic E-state index is -0.506. The van der Waals surface area contributed by atoms with Crippen molar-refractivity contribution in [3.8, 4) is 5.75 Å². The van der Waals surface area contributed by atoms with Gasteiger partial charge < -0.3 is 15.4 Å². The molecule has 106 valence electrons. The summed E-state index contributed by atoms with van der Waals surface area (Å²) in [5.41, 5.74) is 0.253. The van der Waals surface area contributed by atoms with Crippen LogP contribution in [0.1, 0.15) is 23.7 Å². The number of halogens is 2. The van der Waals surface area contributed by atoms with Gasteiger partial charge in [-0.25, -0.2) is 4.39 Å². The van der Waals surface area contributed by atoms with Crippen LogP contribution in [0.5, 0.6) is 5.75 Å². The summed E-state index contributed by atoms with van der Waals surface area (Å²) in [6.45, 7) is 3.73. The van der Waals surface area contributed by atoms with Crippen LogP contribution in [0.2, 0.25) is 0 Å². The number of carbonyl (C=O) groups is 1. The van der Waals surface area contributed by atoms with Gasteiger partial charge in [0.05, 0.1) is 12.2 Å². The molecular formula is C13H18ClFN2O2. The summed E-state index contributed by atoms with van der Waals surface area (Å²) >= 11 is 0. The van der Waals surface area contributed by atoms with Crippen LogP contribution in [0.4, 0.5) is 4.39 Å². The van der Waals surface area contributed by atoms with Gasteiger partial charge in [0, 0.05) is 12.6 Å². The summed E-state index contributed by atoms with van der Waals surface area (Å²) in [4.78, 5) is 12.1. The van der Waals surface area contributed by atoms with Gasteiger partial charge in [-0.3, -0.25) is 4.79 Å². The van der Waals surface area contributed by atoms with Gasteiger partial charge in [-0.2, -0.15) is 0 Å². The highest BCUT2D eigenvalue weighted by Crippen LogP contribution is 2.22. The van der Waals surface area contributed by atoms with Gasteiger partial charge in [0.15, 0.2) is 11.6 Å². The zero-order valence-corrected chi connectivity index (χ0v) is 11.6. The lowest BCUT2D eigenvalue weighted by Gasteiger charge is -2.14. The van der Waals surface area contributed by atoms with Crippen molar-refractivity contribution in [2.75, 3.05) is 19.7 Å². The van der Waals surface area contributed by atoms with Crippen molar-refractivity contribution < 1.29 is 13.9 Å². The van der Waals surface area contributed by atoms with Crippen LogP contribution in [-0.4, -0.2) is 31.6 Å². The van der Waals surface area contributed by atoms with E-state index in [0.717, 1.165) is 19.5 Å². The molecule has 0 bridgehead atoms. The Hall–Kier alpha value is -1.33. The van der Waals surface area contributed by atoms with E-state index < -0.39 is 5.82 Å². The molecule has 0 aromatic heterocycles. The minimum Gasteiger partial charge on any atom is -0.490 e. The summed E-state index contributed by atoms with van der Waals surface area (Å²) in [7, 11) is 0. The topological polar surface area (TPSA) is 50.4 Å². The number of para-hydroxylation sites is 1. The highest BCUT2D eigenvalue weighted by Gasteiger charge is 2.21. The first kappa shape index (κ1) is 15.7. The van der Waals surface area contributed by atoms with Crippen molar-refractivity contribution in [2.24, 2.45) is 0 Å². The predicted molar refractivity (Wildman–Crippen MR) is 73.6 cm³/mol. The maximum Gasteiger partial charge on any atom is 0.255 e. The molecule has 1 atom stereocenters. The van der Waals surface area contributed by atoms with E-state index >= 15 is 0 Å². The van der Waals surface area contributed by atoms with Gasteiger partial charge in [-0.15, -0.1) is 12.4 Å². The van der Waals surface area contributed by atoms with Crippen molar-refractivity contribution in [3.63, 3.8) is 0 Å². The van der Waals surface area contributed by atoms with Gasteiger partial charge >= 0.3 is 0 Å². The largest absolute Gasteiger partial charge is 0.490 e. The lowest BCUT2D eigenvalue weighted by Crippen LogP contribution is -2.36. The van der Waals surface area contributed by atoms with Gasteiger partial charge in [0.2, 0.25) is 0 Å². The van der Waals surface area contributed by atoms with E-state index in [1.807, 2.05) is 0 Å². The molecule has 0 radical (unpaired) electrons. The molecule has 0 saturated carbocycles. The Morgan fingerprint density at radius 3 is 3.00 bits per heavy atom. The number of carbonyl (C=O) groups excluding carboxylic acids is 1. The molecule has 0 spiro atoms. The number of ether oxygens (including phenoxy) is 1. The van der Waals surface area contributed by atoms with Crippen molar-refractivity contribution in [3.05, 3.63) is 29.6 Å². The molecule has 6 heteroatoms. The first-order valence-electron chi connectivity index (χ1n) is 6.15. The molecule has 1 aliphatic rings. The van der Waals surface area contributed by atoms with Gasteiger partial charge in [-0.05, 0) is 32.0 Å². The second-order valence-electron chi connectivity index (χ2n) is 4.21. The first-order valence-corrected chi connectivity index (χ1v) is 6.15. The molecule has 2 N–H and O–H groups in total. The number of rotatable bonds is 4. The molecule has 1 aliphatic heterocycles. The normalized spacial score (nSPS) is 17.7. The molecule has 1 aromatic carbocycles. The molecular weight excluding hydrogens is 271 g/mol. The van der Waals surface area contributed by atoms with Gasteiger partial charge in [0.25, 0.3) is 5.91 Å². The second kappa shape index (κ2) is 7.31. The first-order chi connectivity index (χ1) is 8.72. The standard InChI is InChI=1S/C13H17FN2O2.ClH/c1-2-18-12-10(4-3-5-11(12)14)13(17)16-9-6-7-15-8-9;/h3-5,9,15H,2,6-8H2,1H3,(H,16,17);1H. The molecule has 1 heterocycles. The van der Waals surface area contributed by atoms with Gasteiger partial charge in [0.1, 0.15) is 0 Å². The number of benzene rings is 1. The van der Waals surface area contributed by atoms with Crippen LogP contribution in [0.15, 0.2) is 18.2 Å². The molecule has 1 aromatic rings. The minimum absolute atomic E-state index is 0. The number of hydrogen-bond acceptors (Lipinski definition) is 3. The predicted octanol–water partition coefficient (Wildman–Crippen LogP) is 1.74. The summed E-state index contributed by atoms with van der Waals surface area (Å²) in [6, 6.07) is 4.49. The van der Waals surface area contributed by atoms with E-state index in [-0.39, 0.29) is 35.7 Å². The zero-order chi connectivity index (χ0) is 13.0. The Labute approximate surface area is 118 Å². The maximum absolute atomic E-state index is 13.6. The lowest BCUT2D eigenvalue weighted by atomic mass is 10.1. The van der Waals surface area contributed by atoms with Crippen molar-refractivity contribution in [1.29, 1.82) is 0 Å². The summed E-state index contributed by atoms with van der Waals surface area (Å²) in [5.74, 6) is -0.760. The SMILES string of the molecule is CCOc1c(F)cccc1C(=O)NC1CCNC1.Cl. The molecule has 1 saturated heterocycles. The molecule has 1 fully saturated rings. The van der Waals surface area contributed by atoms with E-state index in [1.54, 1.807) is 13.0 Å². The molecule has 0 aliphatic carbocycles. The van der Waals surface area contributed by atoms with Crippen LogP contribution >= 0.6 is 12.4 Å². The maximum atomic E-state index is 13.6. The van der Waals surface area contributed by atoms with E-state index in [1.165, 1.54) is 12.1 Å². The summed E-state index contributed by atoms with van der Waals surface area (Å²) in [6.07, 6.45) is 0.894. The average Bonchev–Trinajstić information content (AvgIpc) is 2.84. The third-order valence-corrected chi connectivity index (χ3v) is 2.90. The molecule has 19 heavy (non-hydrogen) atoms. The average molecular weight is 289 g/mol. The van der Waals surface area contributed by atoms with Crippen LogP contribution in [0.3, 0.4) is 0 Å². The molecule has 1 amide bonds. The fraction of sp³-hybridized carbons (Fsp3) is 0.462. The van der Waals surface area contributed by atoms with Crippen molar-refractivity contribution >= 4 is 18.3 Å². The number of hydrogen-bond donors (Lipinski definition) is 2. The fourth-order valence-corrected chi connectivity index (χ4v) is 2.02. The van der Waals surface area contributed by atoms with Crippen LogP contribution in [0, 0.1) is 5.82 Å². The van der Waals surface area contributed by atoms with Gasteiger partial charge in [-0.1, -0.05) is 6.07 Å². The quantitative estimate of drug-likeness (QED) is 0.887. The molecule has 2 rings (SSSR count). The monoisotopic (exact) mass is 288 g/mol. The Bertz CT molecular complexity index is 437. The number of amides is 1. The Morgan fingerprint density at radius 1 is 1.58 bits per heavy atom. The lowest BCUT2D eigenvalue weighted by molar-refractivity contribution is 0.0935. The number of nitrogens with one attached hydrogen (secondary N) is 2. The van der Waals surface area contributed by atoms with E-state index in [9.17, 15) is 9.18 Å². The third kappa shape index (κ3) is 3.81. The Kier molecular flexibility index (Phi) is 6.05. The van der Waals surface area contributed by atoms with E-state index in [0.29, 0.717) is 6.61 Å². The Balaban J connectivity index is 0.00000180. The van der Waals surface area contributed by atoms with Crippen molar-refractivity contribution in [1.82, 2.24) is 10.6 Å². The third-order valence-electron chi connectivity index (χ3n) is 2.90. The fourth-order valence-electron chi connectivity index (χ4n) is 2.02. The van der Waals surface area contributed by atoms with Crippen LogP contribution < -0.4 is 15.4 Å². The van der Waals surface area contributed by atoms with E-state index in [2.05, 4.69) is 10.6 Å². The van der Waals surface area contributed by atoms with Crippen LogP contribution in [0.25, 0.3) is 0 Å².